The Bertz CT molecular complexity index is 872. The van der Waals surface area contributed by atoms with Crippen LogP contribution >= 0.6 is 11.6 Å². The van der Waals surface area contributed by atoms with Crippen LogP contribution in [0.25, 0.3) is 0 Å². The molecule has 0 radical (unpaired) electrons. The first kappa shape index (κ1) is 15.9. The number of nitrogens with zero attached hydrogens (tertiary/aromatic N) is 3. The molecule has 0 fully saturated rings. The van der Waals surface area contributed by atoms with Crippen molar-refractivity contribution in [3.8, 4) is 0 Å². The Kier molecular flexibility index (Phi) is 4.39. The number of nitrogens with one attached hydrogen (secondary N) is 2. The maximum atomic E-state index is 13.7. The molecule has 3 rings (SSSR count). The van der Waals surface area contributed by atoms with Gasteiger partial charge in [0.15, 0.2) is 11.6 Å². The van der Waals surface area contributed by atoms with Crippen LogP contribution in [0.15, 0.2) is 42.9 Å². The van der Waals surface area contributed by atoms with Crippen LogP contribution in [0.2, 0.25) is 5.02 Å². The monoisotopic (exact) mass is 348 g/mol. The summed E-state index contributed by atoms with van der Waals surface area (Å²) in [5.41, 5.74) is 6.18. The topological polar surface area (TPSA) is 88.8 Å². The maximum absolute atomic E-state index is 13.7. The number of halogens is 3. The molecule has 0 aliphatic heterocycles. The fourth-order valence-corrected chi connectivity index (χ4v) is 2.00. The Morgan fingerprint density at radius 1 is 0.958 bits per heavy atom. The summed E-state index contributed by atoms with van der Waals surface area (Å²) in [5.74, 6) is -0.507. The molecular formula is C15H11ClF2N6. The average molecular weight is 349 g/mol. The lowest BCUT2D eigenvalue weighted by Gasteiger charge is -2.12. The number of pyridine rings is 1. The first-order chi connectivity index (χ1) is 11.5. The molecule has 6 nitrogen and oxygen atoms in total. The van der Waals surface area contributed by atoms with E-state index in [9.17, 15) is 8.78 Å². The highest BCUT2D eigenvalue weighted by Crippen LogP contribution is 2.28. The number of benzene rings is 1. The van der Waals surface area contributed by atoms with Crippen molar-refractivity contribution in [3.63, 3.8) is 0 Å². The van der Waals surface area contributed by atoms with Crippen LogP contribution in [0.3, 0.4) is 0 Å². The Balaban J connectivity index is 1.86. The molecule has 0 saturated heterocycles. The van der Waals surface area contributed by atoms with Crippen molar-refractivity contribution in [2.75, 3.05) is 16.4 Å². The Hall–Kier alpha value is -3.00. The summed E-state index contributed by atoms with van der Waals surface area (Å²) in [6.07, 6.45) is 2.71. The van der Waals surface area contributed by atoms with Crippen molar-refractivity contribution < 1.29 is 8.78 Å². The highest BCUT2D eigenvalue weighted by atomic mass is 35.5. The summed E-state index contributed by atoms with van der Waals surface area (Å²) in [5, 5.41) is 6.10. The van der Waals surface area contributed by atoms with E-state index in [2.05, 4.69) is 25.6 Å². The number of anilines is 5. The van der Waals surface area contributed by atoms with Crippen LogP contribution in [-0.2, 0) is 0 Å². The van der Waals surface area contributed by atoms with Gasteiger partial charge in [-0.3, -0.25) is 0 Å². The van der Waals surface area contributed by atoms with E-state index in [0.717, 1.165) is 12.1 Å². The van der Waals surface area contributed by atoms with E-state index >= 15 is 0 Å². The highest BCUT2D eigenvalue weighted by Gasteiger charge is 2.11. The lowest BCUT2D eigenvalue weighted by molar-refractivity contribution is 0.586. The first-order valence-electron chi connectivity index (χ1n) is 6.74. The number of aromatic nitrogens is 3. The molecule has 0 aliphatic rings. The second kappa shape index (κ2) is 6.63. The molecule has 0 bridgehead atoms. The summed E-state index contributed by atoms with van der Waals surface area (Å²) in [6.45, 7) is 0. The molecule has 1 aromatic carbocycles. The second-order valence-corrected chi connectivity index (χ2v) is 5.16. The van der Waals surface area contributed by atoms with Crippen molar-refractivity contribution >= 4 is 40.4 Å². The summed E-state index contributed by atoms with van der Waals surface area (Å²) in [4.78, 5) is 12.1. The maximum Gasteiger partial charge on any atom is 0.160 e. The van der Waals surface area contributed by atoms with Crippen LogP contribution in [0.5, 0.6) is 0 Å². The van der Waals surface area contributed by atoms with Crippen molar-refractivity contribution in [1.29, 1.82) is 0 Å². The highest BCUT2D eigenvalue weighted by molar-refractivity contribution is 6.30. The molecule has 3 aromatic rings. The number of rotatable bonds is 4. The summed E-state index contributed by atoms with van der Waals surface area (Å²) < 4.78 is 26.7. The fourth-order valence-electron chi connectivity index (χ4n) is 1.88. The second-order valence-electron chi connectivity index (χ2n) is 4.72. The molecule has 2 heterocycles. The van der Waals surface area contributed by atoms with E-state index in [0.29, 0.717) is 10.8 Å². The number of nitrogens with two attached hydrogens (primary N) is 1. The minimum absolute atomic E-state index is 0.0392. The van der Waals surface area contributed by atoms with Crippen LogP contribution in [0.4, 0.5) is 37.6 Å². The van der Waals surface area contributed by atoms with Gasteiger partial charge in [-0.15, -0.1) is 0 Å². The Labute approximate surface area is 140 Å². The molecule has 0 aliphatic carbocycles. The van der Waals surface area contributed by atoms with Gasteiger partial charge in [-0.25, -0.2) is 23.7 Å². The van der Waals surface area contributed by atoms with Crippen molar-refractivity contribution in [1.82, 2.24) is 15.0 Å². The zero-order chi connectivity index (χ0) is 17.1. The van der Waals surface area contributed by atoms with Gasteiger partial charge in [-0.1, -0.05) is 11.6 Å². The predicted molar refractivity (Wildman–Crippen MR) is 88.6 cm³/mol. The van der Waals surface area contributed by atoms with Crippen LogP contribution in [-0.4, -0.2) is 15.0 Å². The molecule has 0 atom stereocenters. The van der Waals surface area contributed by atoms with Gasteiger partial charge in [0.25, 0.3) is 0 Å². The van der Waals surface area contributed by atoms with Crippen molar-refractivity contribution in [3.05, 3.63) is 59.5 Å². The Morgan fingerprint density at radius 3 is 2.38 bits per heavy atom. The number of nitrogen functional groups attached to an aromatic ring is 1. The van der Waals surface area contributed by atoms with Gasteiger partial charge in [0, 0.05) is 12.3 Å². The van der Waals surface area contributed by atoms with E-state index in [1.54, 1.807) is 12.1 Å². The molecular weight excluding hydrogens is 338 g/mol. The van der Waals surface area contributed by atoms with Gasteiger partial charge >= 0.3 is 0 Å². The molecule has 0 unspecified atom stereocenters. The smallest absolute Gasteiger partial charge is 0.160 e. The zero-order valence-electron chi connectivity index (χ0n) is 12.1. The third-order valence-corrected chi connectivity index (χ3v) is 3.27. The average Bonchev–Trinajstić information content (AvgIpc) is 2.55. The van der Waals surface area contributed by atoms with E-state index in [-0.39, 0.29) is 23.0 Å². The molecule has 24 heavy (non-hydrogen) atoms. The van der Waals surface area contributed by atoms with E-state index < -0.39 is 11.6 Å². The van der Waals surface area contributed by atoms with Gasteiger partial charge in [0.1, 0.15) is 29.5 Å². The van der Waals surface area contributed by atoms with Crippen LogP contribution in [0.1, 0.15) is 0 Å². The van der Waals surface area contributed by atoms with Gasteiger partial charge < -0.3 is 16.4 Å². The molecule has 4 N–H and O–H groups in total. The SMILES string of the molecule is Nc1c(Nc2ccc(Cl)cn2)ncnc1Nc1ccc(F)cc1F. The minimum Gasteiger partial charge on any atom is -0.393 e. The van der Waals surface area contributed by atoms with E-state index in [1.807, 2.05) is 0 Å². The molecule has 0 spiro atoms. The largest absolute Gasteiger partial charge is 0.393 e. The molecule has 2 aromatic heterocycles. The predicted octanol–water partition coefficient (Wildman–Crippen LogP) is 3.87. The third-order valence-electron chi connectivity index (χ3n) is 3.04. The van der Waals surface area contributed by atoms with Crippen LogP contribution in [0, 0.1) is 11.6 Å². The standard InChI is InChI=1S/C15H11ClF2N6/c16-8-1-4-12(20-6-8)24-15-13(19)14(21-7-22-15)23-11-3-2-9(17)5-10(11)18/h1-7H,19H2,(H2,20,21,22,23,24). The van der Waals surface area contributed by atoms with Crippen LogP contribution < -0.4 is 16.4 Å². The first-order valence-corrected chi connectivity index (χ1v) is 7.12. The van der Waals surface area contributed by atoms with Crippen molar-refractivity contribution in [2.24, 2.45) is 0 Å². The van der Waals surface area contributed by atoms with Gasteiger partial charge in [0.05, 0.1) is 10.7 Å². The zero-order valence-corrected chi connectivity index (χ0v) is 12.9. The molecule has 0 saturated carbocycles. The summed E-state index contributed by atoms with van der Waals surface area (Å²) in [7, 11) is 0. The lowest BCUT2D eigenvalue weighted by atomic mass is 10.3. The van der Waals surface area contributed by atoms with E-state index in [4.69, 9.17) is 17.3 Å². The molecule has 122 valence electrons. The molecule has 9 heteroatoms. The quantitative estimate of drug-likeness (QED) is 0.663. The number of hydrogen-bond donors (Lipinski definition) is 3. The lowest BCUT2D eigenvalue weighted by Crippen LogP contribution is -2.06. The fraction of sp³-hybridized carbons (Fsp3) is 0. The Morgan fingerprint density at radius 2 is 1.71 bits per heavy atom. The van der Waals surface area contributed by atoms with E-state index in [1.165, 1.54) is 18.6 Å². The summed E-state index contributed by atoms with van der Waals surface area (Å²) in [6, 6.07) is 6.44. The number of hydrogen-bond acceptors (Lipinski definition) is 6. The normalized spacial score (nSPS) is 10.5. The third kappa shape index (κ3) is 3.49. The van der Waals surface area contributed by atoms with Gasteiger partial charge in [0.2, 0.25) is 0 Å². The minimum atomic E-state index is -0.762. The molecule has 0 amide bonds. The van der Waals surface area contributed by atoms with Gasteiger partial charge in [-0.05, 0) is 24.3 Å². The van der Waals surface area contributed by atoms with Crippen molar-refractivity contribution in [2.45, 2.75) is 0 Å². The van der Waals surface area contributed by atoms with Gasteiger partial charge in [-0.2, -0.15) is 0 Å². The summed E-state index contributed by atoms with van der Waals surface area (Å²) >= 11 is 5.77.